The second kappa shape index (κ2) is 9.03. The fraction of sp³-hybridized carbons (Fsp3) is 0.526. The van der Waals surface area contributed by atoms with E-state index in [4.69, 9.17) is 16.7 Å². The SMILES string of the molecule is CCNC(=O)[C@H](CC)N1C(=O)[C@@H](CC(=O)O)CC[C@H]1c1ccc(Cl)cc1. The minimum Gasteiger partial charge on any atom is -0.481 e. The number of carbonyl (C=O) groups excluding carboxylic acids is 2. The van der Waals surface area contributed by atoms with Crippen LogP contribution in [0.1, 0.15) is 51.1 Å². The van der Waals surface area contributed by atoms with Crippen molar-refractivity contribution in [1.82, 2.24) is 10.2 Å². The van der Waals surface area contributed by atoms with Gasteiger partial charge in [-0.15, -0.1) is 0 Å². The number of benzene rings is 1. The van der Waals surface area contributed by atoms with E-state index in [-0.39, 0.29) is 24.3 Å². The topological polar surface area (TPSA) is 86.7 Å². The van der Waals surface area contributed by atoms with Crippen LogP contribution in [0.25, 0.3) is 0 Å². The van der Waals surface area contributed by atoms with E-state index in [2.05, 4.69) is 5.32 Å². The van der Waals surface area contributed by atoms with Gasteiger partial charge in [0.05, 0.1) is 12.5 Å². The maximum absolute atomic E-state index is 13.1. The lowest BCUT2D eigenvalue weighted by molar-refractivity contribution is -0.154. The Morgan fingerprint density at radius 1 is 1.27 bits per heavy atom. The monoisotopic (exact) mass is 380 g/mol. The summed E-state index contributed by atoms with van der Waals surface area (Å²) in [5.41, 5.74) is 0.902. The maximum atomic E-state index is 13.1. The smallest absolute Gasteiger partial charge is 0.304 e. The zero-order chi connectivity index (χ0) is 19.3. The molecule has 0 spiro atoms. The molecule has 0 saturated carbocycles. The average Bonchev–Trinajstić information content (AvgIpc) is 2.59. The third kappa shape index (κ3) is 4.55. The molecule has 0 bridgehead atoms. The number of carboxylic acids is 1. The molecule has 1 aromatic carbocycles. The highest BCUT2D eigenvalue weighted by atomic mass is 35.5. The largest absolute Gasteiger partial charge is 0.481 e. The van der Waals surface area contributed by atoms with Crippen LogP contribution in [0.4, 0.5) is 0 Å². The normalized spacial score (nSPS) is 21.3. The number of aliphatic carboxylic acids is 1. The molecule has 7 heteroatoms. The molecule has 2 amide bonds. The number of likely N-dealkylation sites (tertiary alicyclic amines) is 1. The maximum Gasteiger partial charge on any atom is 0.304 e. The van der Waals surface area contributed by atoms with Crippen molar-refractivity contribution in [2.24, 2.45) is 5.92 Å². The van der Waals surface area contributed by atoms with Gasteiger partial charge in [0.2, 0.25) is 11.8 Å². The first kappa shape index (κ1) is 20.2. The summed E-state index contributed by atoms with van der Waals surface area (Å²) in [4.78, 5) is 38.3. The molecule has 0 radical (unpaired) electrons. The molecule has 1 aromatic rings. The van der Waals surface area contributed by atoms with Crippen molar-refractivity contribution in [3.8, 4) is 0 Å². The van der Waals surface area contributed by atoms with Crippen molar-refractivity contribution in [2.45, 2.75) is 51.6 Å². The van der Waals surface area contributed by atoms with Crippen molar-refractivity contribution in [2.75, 3.05) is 6.54 Å². The highest BCUT2D eigenvalue weighted by Crippen LogP contribution is 2.38. The van der Waals surface area contributed by atoms with E-state index >= 15 is 0 Å². The number of nitrogens with zero attached hydrogens (tertiary/aromatic N) is 1. The molecule has 3 atom stereocenters. The van der Waals surface area contributed by atoms with E-state index in [1.807, 2.05) is 26.0 Å². The van der Waals surface area contributed by atoms with Crippen molar-refractivity contribution < 1.29 is 19.5 Å². The Labute approximate surface area is 158 Å². The molecule has 1 fully saturated rings. The summed E-state index contributed by atoms with van der Waals surface area (Å²) in [6.07, 6.45) is 1.35. The third-order valence-corrected chi connectivity index (χ3v) is 5.03. The lowest BCUT2D eigenvalue weighted by atomic mass is 9.85. The number of rotatable bonds is 7. The molecule has 0 aromatic heterocycles. The lowest BCUT2D eigenvalue weighted by Gasteiger charge is -2.43. The third-order valence-electron chi connectivity index (χ3n) is 4.78. The first-order valence-electron chi connectivity index (χ1n) is 8.96. The number of likely N-dealkylation sites (N-methyl/N-ethyl adjacent to an activating group) is 1. The standard InChI is InChI=1S/C19H25ClN2O4/c1-3-15(18(25)21-4-2)22-16(12-5-8-14(20)9-6-12)10-7-13(19(22)26)11-17(23)24/h5-6,8-9,13,15-16H,3-4,7,10-11H2,1-2H3,(H,21,25)(H,23,24)/t13-,15+,16+/m1/s1. The Bertz CT molecular complexity index is 662. The van der Waals surface area contributed by atoms with Crippen LogP contribution in [0.5, 0.6) is 0 Å². The minimum absolute atomic E-state index is 0.210. The molecule has 1 aliphatic rings. The second-order valence-electron chi connectivity index (χ2n) is 6.50. The van der Waals surface area contributed by atoms with Crippen LogP contribution in [0, 0.1) is 5.92 Å². The predicted octanol–water partition coefficient (Wildman–Crippen LogP) is 3.01. The summed E-state index contributed by atoms with van der Waals surface area (Å²) in [6.45, 7) is 4.15. The van der Waals surface area contributed by atoms with E-state index in [1.54, 1.807) is 17.0 Å². The Kier molecular flexibility index (Phi) is 7.03. The first-order valence-corrected chi connectivity index (χ1v) is 9.33. The fourth-order valence-electron chi connectivity index (χ4n) is 3.57. The number of hydrogen-bond donors (Lipinski definition) is 2. The Morgan fingerprint density at radius 2 is 1.92 bits per heavy atom. The van der Waals surface area contributed by atoms with E-state index in [9.17, 15) is 14.4 Å². The van der Waals surface area contributed by atoms with Crippen LogP contribution in [-0.4, -0.2) is 40.4 Å². The molecule has 0 unspecified atom stereocenters. The Morgan fingerprint density at radius 3 is 2.46 bits per heavy atom. The number of piperidine rings is 1. The molecule has 1 saturated heterocycles. The summed E-state index contributed by atoms with van der Waals surface area (Å²) in [5, 5.41) is 12.5. The van der Waals surface area contributed by atoms with Gasteiger partial charge in [-0.2, -0.15) is 0 Å². The summed E-state index contributed by atoms with van der Waals surface area (Å²) in [6, 6.07) is 6.34. The summed E-state index contributed by atoms with van der Waals surface area (Å²) < 4.78 is 0. The number of hydrogen-bond acceptors (Lipinski definition) is 3. The lowest BCUT2D eigenvalue weighted by Crippen LogP contribution is -2.54. The Balaban J connectivity index is 2.39. The van der Waals surface area contributed by atoms with Gasteiger partial charge in [0, 0.05) is 17.5 Å². The van der Waals surface area contributed by atoms with Crippen LogP contribution in [0.15, 0.2) is 24.3 Å². The van der Waals surface area contributed by atoms with Gasteiger partial charge in [-0.25, -0.2) is 0 Å². The Hall–Kier alpha value is -2.08. The molecular formula is C19H25ClN2O4. The van der Waals surface area contributed by atoms with Crippen LogP contribution in [-0.2, 0) is 14.4 Å². The number of amides is 2. The summed E-state index contributed by atoms with van der Waals surface area (Å²) in [5.74, 6) is -2.08. The quantitative estimate of drug-likeness (QED) is 0.761. The fourth-order valence-corrected chi connectivity index (χ4v) is 3.70. The number of carbonyl (C=O) groups is 3. The van der Waals surface area contributed by atoms with Gasteiger partial charge in [0.15, 0.2) is 0 Å². The minimum atomic E-state index is -1.00. The number of carboxylic acid groups (broad SMARTS) is 1. The molecule has 1 heterocycles. The van der Waals surface area contributed by atoms with E-state index in [1.165, 1.54) is 0 Å². The first-order chi connectivity index (χ1) is 12.4. The highest BCUT2D eigenvalue weighted by molar-refractivity contribution is 6.30. The van der Waals surface area contributed by atoms with Gasteiger partial charge in [-0.1, -0.05) is 30.7 Å². The van der Waals surface area contributed by atoms with Crippen molar-refractivity contribution in [3.05, 3.63) is 34.9 Å². The van der Waals surface area contributed by atoms with Crippen molar-refractivity contribution in [3.63, 3.8) is 0 Å². The molecule has 1 aliphatic heterocycles. The molecule has 6 nitrogen and oxygen atoms in total. The van der Waals surface area contributed by atoms with Crippen LogP contribution in [0.2, 0.25) is 5.02 Å². The van der Waals surface area contributed by atoms with Gasteiger partial charge < -0.3 is 15.3 Å². The molecule has 2 N–H and O–H groups in total. The molecular weight excluding hydrogens is 356 g/mol. The van der Waals surface area contributed by atoms with E-state index in [0.717, 1.165) is 5.56 Å². The van der Waals surface area contributed by atoms with Crippen molar-refractivity contribution >= 4 is 29.4 Å². The number of halogens is 1. The van der Waals surface area contributed by atoms with Gasteiger partial charge in [0.1, 0.15) is 6.04 Å². The highest BCUT2D eigenvalue weighted by Gasteiger charge is 2.42. The zero-order valence-electron chi connectivity index (χ0n) is 15.1. The summed E-state index contributed by atoms with van der Waals surface area (Å²) >= 11 is 5.97. The number of nitrogens with one attached hydrogen (secondary N) is 1. The molecule has 26 heavy (non-hydrogen) atoms. The van der Waals surface area contributed by atoms with E-state index in [0.29, 0.717) is 30.8 Å². The van der Waals surface area contributed by atoms with Crippen molar-refractivity contribution in [1.29, 1.82) is 0 Å². The summed E-state index contributed by atoms with van der Waals surface area (Å²) in [7, 11) is 0. The average molecular weight is 381 g/mol. The predicted molar refractivity (Wildman–Crippen MR) is 98.8 cm³/mol. The van der Waals surface area contributed by atoms with Crippen LogP contribution in [0.3, 0.4) is 0 Å². The molecule has 142 valence electrons. The van der Waals surface area contributed by atoms with Crippen LogP contribution < -0.4 is 5.32 Å². The molecule has 2 rings (SSSR count). The van der Waals surface area contributed by atoms with Gasteiger partial charge >= 0.3 is 5.97 Å². The zero-order valence-corrected chi connectivity index (χ0v) is 15.8. The van der Waals surface area contributed by atoms with Crippen LogP contribution >= 0.6 is 11.6 Å². The second-order valence-corrected chi connectivity index (χ2v) is 6.94. The van der Waals surface area contributed by atoms with Gasteiger partial charge in [0.25, 0.3) is 0 Å². The molecule has 0 aliphatic carbocycles. The van der Waals surface area contributed by atoms with Gasteiger partial charge in [-0.3, -0.25) is 14.4 Å². The van der Waals surface area contributed by atoms with Gasteiger partial charge in [-0.05, 0) is 43.9 Å². The van der Waals surface area contributed by atoms with E-state index < -0.39 is 17.9 Å².